The Balaban J connectivity index is 1.51. The second-order valence-corrected chi connectivity index (χ2v) is 9.70. The number of aryl methyl sites for hydroxylation is 1. The number of hydrogen-bond donors (Lipinski definition) is 1. The fourth-order valence-corrected chi connectivity index (χ4v) is 5.45. The number of benzene rings is 2. The van der Waals surface area contributed by atoms with Crippen molar-refractivity contribution in [2.45, 2.75) is 50.0 Å². The summed E-state index contributed by atoms with van der Waals surface area (Å²) in [5, 5.41) is 21.9. The van der Waals surface area contributed by atoms with Gasteiger partial charge in [0.1, 0.15) is 6.04 Å². The molecule has 0 radical (unpaired) electrons. The van der Waals surface area contributed by atoms with Crippen molar-refractivity contribution >= 4 is 16.0 Å². The lowest BCUT2D eigenvalue weighted by Gasteiger charge is -2.20. The first-order valence-electron chi connectivity index (χ1n) is 10.6. The summed E-state index contributed by atoms with van der Waals surface area (Å²) in [6.45, 7) is 2.37. The van der Waals surface area contributed by atoms with Crippen LogP contribution in [-0.2, 0) is 21.2 Å². The van der Waals surface area contributed by atoms with E-state index in [2.05, 4.69) is 34.5 Å². The van der Waals surface area contributed by atoms with Gasteiger partial charge in [-0.1, -0.05) is 25.5 Å². The topological polar surface area (TPSA) is 118 Å². The van der Waals surface area contributed by atoms with Crippen molar-refractivity contribution in [2.24, 2.45) is 0 Å². The Morgan fingerprint density at radius 1 is 1.12 bits per heavy atom. The molecular formula is C22H25N5O4S. The third kappa shape index (κ3) is 4.42. The molecule has 0 spiro atoms. The molecule has 1 aliphatic heterocycles. The number of unbranched alkanes of at least 4 members (excludes halogenated alkanes) is 1. The average Bonchev–Trinajstić information content (AvgIpc) is 3.49. The molecule has 2 aromatic carbocycles. The fraction of sp³-hybridized carbons (Fsp3) is 0.364. The maximum Gasteiger partial charge on any atom is 0.322 e. The molecule has 4 rings (SSSR count). The molecule has 0 saturated carbocycles. The number of nitrogens with zero attached hydrogens (tertiary/aromatic N) is 5. The van der Waals surface area contributed by atoms with Crippen LogP contribution in [-0.4, -0.2) is 56.6 Å². The van der Waals surface area contributed by atoms with Crippen molar-refractivity contribution in [3.63, 3.8) is 0 Å². The van der Waals surface area contributed by atoms with Crippen molar-refractivity contribution in [1.82, 2.24) is 24.5 Å². The van der Waals surface area contributed by atoms with E-state index in [-0.39, 0.29) is 11.4 Å². The lowest BCUT2D eigenvalue weighted by molar-refractivity contribution is -0.140. The molecule has 1 atom stereocenters. The standard InChI is InChI=1S/C22H25N5O4S/c1-2-3-5-16-7-11-18(12-8-16)27-24-21(23-25-27)17-9-13-19(14-10-17)32(30,31)26-15-4-6-20(26)22(28)29/h7-14,20H,2-6,15H2,1H3,(H,28,29)/t20-/m1/s1. The number of hydrogen-bond acceptors (Lipinski definition) is 6. The zero-order valence-corrected chi connectivity index (χ0v) is 18.6. The molecule has 9 nitrogen and oxygen atoms in total. The van der Waals surface area contributed by atoms with Crippen LogP contribution in [0.4, 0.5) is 0 Å². The van der Waals surface area contributed by atoms with Gasteiger partial charge < -0.3 is 5.11 Å². The second-order valence-electron chi connectivity index (χ2n) is 7.81. The molecule has 0 amide bonds. The molecule has 168 valence electrons. The van der Waals surface area contributed by atoms with Gasteiger partial charge in [-0.2, -0.15) is 4.31 Å². The number of carbonyl (C=O) groups is 1. The highest BCUT2D eigenvalue weighted by Crippen LogP contribution is 2.27. The van der Waals surface area contributed by atoms with Crippen LogP contribution in [0.15, 0.2) is 53.4 Å². The van der Waals surface area contributed by atoms with Crippen molar-refractivity contribution < 1.29 is 18.3 Å². The molecule has 0 unspecified atom stereocenters. The second kappa shape index (κ2) is 9.17. The minimum Gasteiger partial charge on any atom is -0.480 e. The number of carboxylic acid groups (broad SMARTS) is 1. The molecular weight excluding hydrogens is 430 g/mol. The quantitative estimate of drug-likeness (QED) is 0.555. The molecule has 1 fully saturated rings. The van der Waals surface area contributed by atoms with Crippen LogP contribution in [0.5, 0.6) is 0 Å². The van der Waals surface area contributed by atoms with Crippen molar-refractivity contribution in [2.75, 3.05) is 6.54 Å². The Kier molecular flexibility index (Phi) is 6.33. The lowest BCUT2D eigenvalue weighted by atomic mass is 10.1. The molecule has 0 bridgehead atoms. The predicted molar refractivity (Wildman–Crippen MR) is 118 cm³/mol. The smallest absolute Gasteiger partial charge is 0.322 e. The summed E-state index contributed by atoms with van der Waals surface area (Å²) in [6.07, 6.45) is 4.17. The normalized spacial score (nSPS) is 17.0. The van der Waals surface area contributed by atoms with Gasteiger partial charge >= 0.3 is 5.97 Å². The molecule has 1 N–H and O–H groups in total. The predicted octanol–water partition coefficient (Wildman–Crippen LogP) is 2.91. The first-order chi connectivity index (χ1) is 15.4. The van der Waals surface area contributed by atoms with E-state index in [0.29, 0.717) is 24.2 Å². The Morgan fingerprint density at radius 3 is 2.50 bits per heavy atom. The number of aliphatic carboxylic acids is 1. The van der Waals surface area contributed by atoms with Gasteiger partial charge in [0.15, 0.2) is 0 Å². The first-order valence-corrected chi connectivity index (χ1v) is 12.1. The lowest BCUT2D eigenvalue weighted by Crippen LogP contribution is -2.40. The largest absolute Gasteiger partial charge is 0.480 e. The zero-order valence-electron chi connectivity index (χ0n) is 17.8. The van der Waals surface area contributed by atoms with Crippen LogP contribution in [0.2, 0.25) is 0 Å². The van der Waals surface area contributed by atoms with Crippen LogP contribution in [0.25, 0.3) is 17.1 Å². The molecule has 0 aliphatic carbocycles. The molecule has 10 heteroatoms. The van der Waals surface area contributed by atoms with E-state index in [1.807, 2.05) is 12.1 Å². The summed E-state index contributed by atoms with van der Waals surface area (Å²) in [4.78, 5) is 12.9. The fourth-order valence-electron chi connectivity index (χ4n) is 3.80. The Hall–Kier alpha value is -3.11. The van der Waals surface area contributed by atoms with Crippen LogP contribution < -0.4 is 0 Å². The van der Waals surface area contributed by atoms with Gasteiger partial charge in [-0.15, -0.1) is 15.0 Å². The summed E-state index contributed by atoms with van der Waals surface area (Å²) in [5.74, 6) is -0.754. The van der Waals surface area contributed by atoms with Crippen LogP contribution in [0.3, 0.4) is 0 Å². The van der Waals surface area contributed by atoms with Gasteiger partial charge in [-0.05, 0) is 72.9 Å². The van der Waals surface area contributed by atoms with E-state index >= 15 is 0 Å². The van der Waals surface area contributed by atoms with Crippen LogP contribution in [0, 0.1) is 0 Å². The van der Waals surface area contributed by atoms with Gasteiger partial charge in [-0.3, -0.25) is 4.79 Å². The van der Waals surface area contributed by atoms with Gasteiger partial charge in [0.2, 0.25) is 15.8 Å². The summed E-state index contributed by atoms with van der Waals surface area (Å²) in [6, 6.07) is 13.1. The number of tetrazole rings is 1. The van der Waals surface area contributed by atoms with E-state index < -0.39 is 22.0 Å². The molecule has 2 heterocycles. The Bertz CT molecular complexity index is 1190. The van der Waals surface area contributed by atoms with Crippen LogP contribution in [0.1, 0.15) is 38.2 Å². The maximum atomic E-state index is 12.9. The molecule has 1 aromatic heterocycles. The number of carboxylic acids is 1. The van der Waals surface area contributed by atoms with E-state index in [4.69, 9.17) is 0 Å². The highest BCUT2D eigenvalue weighted by molar-refractivity contribution is 7.89. The summed E-state index contributed by atoms with van der Waals surface area (Å²) < 4.78 is 26.8. The highest BCUT2D eigenvalue weighted by Gasteiger charge is 2.39. The molecule has 1 saturated heterocycles. The minimum atomic E-state index is -3.89. The SMILES string of the molecule is CCCCc1ccc(-n2nnc(-c3ccc(S(=O)(=O)N4CCC[C@@H]4C(=O)O)cc3)n2)cc1. The number of aromatic nitrogens is 4. The summed E-state index contributed by atoms with van der Waals surface area (Å²) in [5.41, 5.74) is 2.67. The van der Waals surface area contributed by atoms with Gasteiger partial charge in [0, 0.05) is 12.1 Å². The molecule has 32 heavy (non-hydrogen) atoms. The van der Waals surface area contributed by atoms with Crippen molar-refractivity contribution in [1.29, 1.82) is 0 Å². The molecule has 1 aliphatic rings. The van der Waals surface area contributed by atoms with Gasteiger partial charge in [-0.25, -0.2) is 8.42 Å². The molecule has 3 aromatic rings. The van der Waals surface area contributed by atoms with E-state index in [1.165, 1.54) is 22.5 Å². The number of rotatable bonds is 8. The van der Waals surface area contributed by atoms with Gasteiger partial charge in [0.25, 0.3) is 0 Å². The summed E-state index contributed by atoms with van der Waals surface area (Å²) >= 11 is 0. The third-order valence-electron chi connectivity index (χ3n) is 5.61. The Labute approximate surface area is 186 Å². The average molecular weight is 456 g/mol. The highest BCUT2D eigenvalue weighted by atomic mass is 32.2. The Morgan fingerprint density at radius 2 is 1.84 bits per heavy atom. The summed E-state index contributed by atoms with van der Waals surface area (Å²) in [7, 11) is -3.89. The first kappa shape index (κ1) is 22.1. The maximum absolute atomic E-state index is 12.9. The van der Waals surface area contributed by atoms with E-state index in [0.717, 1.165) is 29.3 Å². The van der Waals surface area contributed by atoms with E-state index in [1.54, 1.807) is 12.1 Å². The van der Waals surface area contributed by atoms with E-state index in [9.17, 15) is 18.3 Å². The third-order valence-corrected chi connectivity index (χ3v) is 7.53. The van der Waals surface area contributed by atoms with Crippen LogP contribution >= 0.6 is 0 Å². The van der Waals surface area contributed by atoms with Gasteiger partial charge in [0.05, 0.1) is 10.6 Å². The zero-order chi connectivity index (χ0) is 22.7. The van der Waals surface area contributed by atoms with Crippen molar-refractivity contribution in [3.05, 3.63) is 54.1 Å². The monoisotopic (exact) mass is 455 g/mol. The number of sulfonamides is 1. The minimum absolute atomic E-state index is 0.0458. The van der Waals surface area contributed by atoms with Crippen molar-refractivity contribution in [3.8, 4) is 17.1 Å².